The van der Waals surface area contributed by atoms with E-state index in [9.17, 15) is 0 Å². The Hall–Kier alpha value is -2.76. The van der Waals surface area contributed by atoms with E-state index in [2.05, 4.69) is 19.9 Å². The third-order valence-corrected chi connectivity index (χ3v) is 2.80. The van der Waals surface area contributed by atoms with Gasteiger partial charge in [-0.15, -0.1) is 0 Å². The standard InChI is InChI=1S/C13H12N6/c1-7-10(14)17-13-9(16-7)11(15)18-12(19-13)8-5-3-2-4-6-8/h2-6H,1H3,(H4,14,15,17,18,19). The maximum Gasteiger partial charge on any atom is 0.186 e. The summed E-state index contributed by atoms with van der Waals surface area (Å²) in [6.45, 7) is 1.77. The molecule has 0 spiro atoms. The topological polar surface area (TPSA) is 104 Å². The van der Waals surface area contributed by atoms with Crippen molar-refractivity contribution >= 4 is 22.8 Å². The van der Waals surface area contributed by atoms with Gasteiger partial charge in [0.25, 0.3) is 0 Å². The third kappa shape index (κ3) is 1.93. The van der Waals surface area contributed by atoms with Gasteiger partial charge in [-0.1, -0.05) is 30.3 Å². The lowest BCUT2D eigenvalue weighted by Gasteiger charge is -2.06. The van der Waals surface area contributed by atoms with E-state index in [1.165, 1.54) is 0 Å². The minimum absolute atomic E-state index is 0.305. The lowest BCUT2D eigenvalue weighted by molar-refractivity contribution is 1.13. The summed E-state index contributed by atoms with van der Waals surface area (Å²) in [5.41, 5.74) is 14.1. The molecular formula is C13H12N6. The van der Waals surface area contributed by atoms with Gasteiger partial charge in [-0.05, 0) is 6.92 Å². The number of nitrogen functional groups attached to an aromatic ring is 2. The van der Waals surface area contributed by atoms with E-state index >= 15 is 0 Å². The lowest BCUT2D eigenvalue weighted by atomic mass is 10.2. The molecule has 3 rings (SSSR count). The lowest BCUT2D eigenvalue weighted by Crippen LogP contribution is -2.04. The van der Waals surface area contributed by atoms with Crippen LogP contribution >= 0.6 is 0 Å². The zero-order chi connectivity index (χ0) is 13.4. The van der Waals surface area contributed by atoms with Crippen LogP contribution in [0, 0.1) is 6.92 Å². The number of fused-ring (bicyclic) bond motifs is 1. The maximum atomic E-state index is 5.92. The van der Waals surface area contributed by atoms with E-state index < -0.39 is 0 Å². The molecule has 0 saturated carbocycles. The number of anilines is 2. The third-order valence-electron chi connectivity index (χ3n) is 2.80. The zero-order valence-corrected chi connectivity index (χ0v) is 10.3. The number of hydrogen-bond donors (Lipinski definition) is 2. The van der Waals surface area contributed by atoms with Crippen molar-refractivity contribution in [3.05, 3.63) is 36.0 Å². The molecule has 3 aromatic rings. The van der Waals surface area contributed by atoms with Gasteiger partial charge in [0.15, 0.2) is 22.8 Å². The quantitative estimate of drug-likeness (QED) is 0.681. The van der Waals surface area contributed by atoms with E-state index in [1.54, 1.807) is 6.92 Å². The van der Waals surface area contributed by atoms with Crippen LogP contribution in [0.25, 0.3) is 22.6 Å². The number of aryl methyl sites for hydroxylation is 1. The molecule has 0 aliphatic carbocycles. The van der Waals surface area contributed by atoms with Crippen LogP contribution in [0.5, 0.6) is 0 Å². The number of hydrogen-bond acceptors (Lipinski definition) is 6. The molecule has 0 bridgehead atoms. The van der Waals surface area contributed by atoms with Crippen molar-refractivity contribution in [3.8, 4) is 11.4 Å². The SMILES string of the molecule is Cc1nc2c(N)nc(-c3ccccc3)nc2nc1N. The zero-order valence-electron chi connectivity index (χ0n) is 10.3. The van der Waals surface area contributed by atoms with E-state index in [0.29, 0.717) is 34.3 Å². The molecule has 19 heavy (non-hydrogen) atoms. The van der Waals surface area contributed by atoms with E-state index in [4.69, 9.17) is 11.5 Å². The van der Waals surface area contributed by atoms with Gasteiger partial charge < -0.3 is 11.5 Å². The first-order valence-electron chi connectivity index (χ1n) is 5.78. The first kappa shape index (κ1) is 11.3. The molecule has 2 aromatic heterocycles. The van der Waals surface area contributed by atoms with Crippen LogP contribution in [0.1, 0.15) is 5.69 Å². The Kier molecular flexibility index (Phi) is 2.49. The highest BCUT2D eigenvalue weighted by molar-refractivity contribution is 5.84. The van der Waals surface area contributed by atoms with E-state index in [-0.39, 0.29) is 0 Å². The van der Waals surface area contributed by atoms with Gasteiger partial charge in [-0.25, -0.2) is 19.9 Å². The highest BCUT2D eigenvalue weighted by atomic mass is 15.0. The Balaban J connectivity index is 2.28. The molecule has 0 aliphatic heterocycles. The van der Waals surface area contributed by atoms with Crippen molar-refractivity contribution < 1.29 is 0 Å². The predicted octanol–water partition coefficient (Wildman–Crippen LogP) is 1.56. The number of nitrogens with two attached hydrogens (primary N) is 2. The number of benzene rings is 1. The van der Waals surface area contributed by atoms with Gasteiger partial charge in [0.2, 0.25) is 0 Å². The molecule has 2 heterocycles. The second-order valence-corrected chi connectivity index (χ2v) is 4.16. The number of nitrogens with zero attached hydrogens (tertiary/aromatic N) is 4. The smallest absolute Gasteiger partial charge is 0.186 e. The predicted molar refractivity (Wildman–Crippen MR) is 74.1 cm³/mol. The summed E-state index contributed by atoms with van der Waals surface area (Å²) in [6, 6.07) is 9.56. The van der Waals surface area contributed by atoms with Gasteiger partial charge in [0, 0.05) is 5.56 Å². The molecule has 0 radical (unpaired) electrons. The van der Waals surface area contributed by atoms with E-state index in [0.717, 1.165) is 5.56 Å². The van der Waals surface area contributed by atoms with Crippen molar-refractivity contribution in [3.63, 3.8) is 0 Å². The van der Waals surface area contributed by atoms with Gasteiger partial charge in [0.05, 0.1) is 5.69 Å². The minimum Gasteiger partial charge on any atom is -0.382 e. The minimum atomic E-state index is 0.305. The molecule has 0 unspecified atom stereocenters. The van der Waals surface area contributed by atoms with Crippen LogP contribution in [0.15, 0.2) is 30.3 Å². The van der Waals surface area contributed by atoms with Crippen LogP contribution in [0.4, 0.5) is 11.6 Å². The van der Waals surface area contributed by atoms with Crippen LogP contribution in [0.3, 0.4) is 0 Å². The Labute approximate surface area is 109 Å². The fourth-order valence-corrected chi connectivity index (χ4v) is 1.78. The Bertz CT molecular complexity index is 754. The summed E-state index contributed by atoms with van der Waals surface area (Å²) in [5.74, 6) is 1.17. The largest absolute Gasteiger partial charge is 0.382 e. The summed E-state index contributed by atoms with van der Waals surface area (Å²) < 4.78 is 0. The molecule has 0 atom stereocenters. The average Bonchev–Trinajstić information content (AvgIpc) is 2.42. The first-order chi connectivity index (χ1) is 9.15. The summed E-state index contributed by atoms with van der Waals surface area (Å²) >= 11 is 0. The second kappa shape index (κ2) is 4.16. The number of rotatable bonds is 1. The average molecular weight is 252 g/mol. The van der Waals surface area contributed by atoms with Crippen molar-refractivity contribution in [2.24, 2.45) is 0 Å². The monoisotopic (exact) mass is 252 g/mol. The molecule has 0 saturated heterocycles. The van der Waals surface area contributed by atoms with Crippen LogP contribution < -0.4 is 11.5 Å². The normalized spacial score (nSPS) is 10.8. The van der Waals surface area contributed by atoms with E-state index in [1.807, 2.05) is 30.3 Å². The van der Waals surface area contributed by atoms with Crippen molar-refractivity contribution in [2.45, 2.75) is 6.92 Å². The molecule has 6 heteroatoms. The van der Waals surface area contributed by atoms with Crippen LogP contribution in [-0.4, -0.2) is 19.9 Å². The van der Waals surface area contributed by atoms with Crippen LogP contribution in [0.2, 0.25) is 0 Å². The highest BCUT2D eigenvalue weighted by Crippen LogP contribution is 2.21. The molecule has 0 amide bonds. The fraction of sp³-hybridized carbons (Fsp3) is 0.0769. The van der Waals surface area contributed by atoms with Gasteiger partial charge in [-0.3, -0.25) is 0 Å². The molecule has 94 valence electrons. The number of aromatic nitrogens is 4. The van der Waals surface area contributed by atoms with Crippen molar-refractivity contribution in [1.82, 2.24) is 19.9 Å². The molecule has 0 aliphatic rings. The van der Waals surface area contributed by atoms with Gasteiger partial charge >= 0.3 is 0 Å². The van der Waals surface area contributed by atoms with Crippen molar-refractivity contribution in [1.29, 1.82) is 0 Å². The molecule has 6 nitrogen and oxygen atoms in total. The van der Waals surface area contributed by atoms with Gasteiger partial charge in [-0.2, -0.15) is 0 Å². The summed E-state index contributed by atoms with van der Waals surface area (Å²) in [5, 5.41) is 0. The molecular weight excluding hydrogens is 240 g/mol. The van der Waals surface area contributed by atoms with Gasteiger partial charge in [0.1, 0.15) is 5.82 Å². The van der Waals surface area contributed by atoms with Crippen molar-refractivity contribution in [2.75, 3.05) is 11.5 Å². The Morgan fingerprint density at radius 3 is 2.32 bits per heavy atom. The summed E-state index contributed by atoms with van der Waals surface area (Å²) in [7, 11) is 0. The van der Waals surface area contributed by atoms with Crippen LogP contribution in [-0.2, 0) is 0 Å². The maximum absolute atomic E-state index is 5.92. The Morgan fingerprint density at radius 1 is 0.842 bits per heavy atom. The summed E-state index contributed by atoms with van der Waals surface area (Å²) in [6.07, 6.45) is 0. The highest BCUT2D eigenvalue weighted by Gasteiger charge is 2.11. The Morgan fingerprint density at radius 2 is 1.58 bits per heavy atom. The molecule has 0 fully saturated rings. The molecule has 1 aromatic carbocycles. The second-order valence-electron chi connectivity index (χ2n) is 4.16. The first-order valence-corrected chi connectivity index (χ1v) is 5.78. The fourth-order valence-electron chi connectivity index (χ4n) is 1.78. The summed E-state index contributed by atoms with van der Waals surface area (Å²) in [4.78, 5) is 17.1. The molecule has 4 N–H and O–H groups in total.